The molecule has 0 N–H and O–H groups in total. The van der Waals surface area contributed by atoms with Gasteiger partial charge in [0, 0.05) is 0 Å². The molecule has 0 unspecified atom stereocenters. The third kappa shape index (κ3) is 8.15. The number of hydrogen-bond donors (Lipinski definition) is 0. The zero-order valence-electron chi connectivity index (χ0n) is 24.8. The Labute approximate surface area is 288 Å². The molecule has 0 amide bonds. The van der Waals surface area contributed by atoms with Gasteiger partial charge in [0.15, 0.2) is 0 Å². The van der Waals surface area contributed by atoms with Crippen molar-refractivity contribution in [1.29, 1.82) is 0 Å². The van der Waals surface area contributed by atoms with E-state index in [1.54, 1.807) is 78.9 Å². The summed E-state index contributed by atoms with van der Waals surface area (Å²) in [5.41, 5.74) is -9.93. The van der Waals surface area contributed by atoms with Gasteiger partial charge in [-0.15, -0.1) is 0 Å². The SMILES string of the molecule is O=S(=O)(OI(c1ccccc1)c1ccc(Cc2ccc(S(OS(=O)(=O)C(F)(F)F)(c3ccccc3)c3ccccc3)cc2)cc1)C(F)(F)F. The maximum atomic E-state index is 13.7. The summed E-state index contributed by atoms with van der Waals surface area (Å²) in [5, 5.41) is 0. The van der Waals surface area contributed by atoms with Crippen LogP contribution in [0.25, 0.3) is 0 Å². The predicted octanol–water partition coefficient (Wildman–Crippen LogP) is 9.67. The van der Waals surface area contributed by atoms with E-state index >= 15 is 0 Å². The summed E-state index contributed by atoms with van der Waals surface area (Å²) in [6.07, 6.45) is 0.266. The van der Waals surface area contributed by atoms with Crippen molar-refractivity contribution in [2.24, 2.45) is 0 Å². The second-order valence-electron chi connectivity index (χ2n) is 10.1. The first-order valence-electron chi connectivity index (χ1n) is 13.9. The van der Waals surface area contributed by atoms with E-state index in [-0.39, 0.29) is 21.1 Å². The number of hydrogen-bond acceptors (Lipinski definition) is 6. The second kappa shape index (κ2) is 14.4. The Morgan fingerprint density at radius 3 is 1.27 bits per heavy atom. The first-order valence-corrected chi connectivity index (χ1v) is 21.3. The summed E-state index contributed by atoms with van der Waals surface area (Å²) in [6, 6.07) is 35.8. The molecule has 260 valence electrons. The molecule has 0 aliphatic heterocycles. The number of rotatable bonds is 11. The molecule has 0 bridgehead atoms. The minimum atomic E-state index is -6.08. The minimum absolute atomic E-state index is 0.178. The van der Waals surface area contributed by atoms with E-state index in [0.717, 1.165) is 0 Å². The summed E-state index contributed by atoms with van der Waals surface area (Å²) < 4.78 is 140. The first kappa shape index (κ1) is 36.9. The van der Waals surface area contributed by atoms with Crippen molar-refractivity contribution in [1.82, 2.24) is 0 Å². The van der Waals surface area contributed by atoms with Gasteiger partial charge < -0.3 is 0 Å². The van der Waals surface area contributed by atoms with Crippen molar-refractivity contribution in [3.63, 3.8) is 0 Å². The van der Waals surface area contributed by atoms with E-state index < -0.39 is 61.8 Å². The molecule has 5 aromatic rings. The Kier molecular flexibility index (Phi) is 10.9. The fourth-order valence-electron chi connectivity index (χ4n) is 4.52. The molecule has 0 radical (unpaired) electrons. The standard InChI is InChI=1S/C33H25F6IO6S3/c34-32(35,36)48(41,42)45-40(27-10-4-1-5-11-27)28-20-16-25(17-21-28)24-26-18-22-31(23-19-26)47(29-12-6-2-7-13-29,30-14-8-3-9-15-30)46-49(43,44)33(37,38)39/h1-23H,24H2. The molecular formula is C33H25F6IO6S3. The summed E-state index contributed by atoms with van der Waals surface area (Å²) >= 11 is -3.57. The number of halogens is 7. The van der Waals surface area contributed by atoms with Gasteiger partial charge in [0.25, 0.3) is 0 Å². The molecule has 0 aliphatic carbocycles. The molecule has 49 heavy (non-hydrogen) atoms. The van der Waals surface area contributed by atoms with Crippen LogP contribution < -0.4 is 0 Å². The van der Waals surface area contributed by atoms with Gasteiger partial charge in [-0.1, -0.05) is 36.4 Å². The van der Waals surface area contributed by atoms with Crippen LogP contribution in [0.15, 0.2) is 154 Å². The van der Waals surface area contributed by atoms with Crippen LogP contribution in [0.4, 0.5) is 26.3 Å². The van der Waals surface area contributed by atoms with Gasteiger partial charge in [0.05, 0.1) is 0 Å². The Bertz CT molecular complexity index is 2040. The molecule has 0 aliphatic rings. The maximum absolute atomic E-state index is 13.7. The molecule has 0 spiro atoms. The Balaban J connectivity index is 1.49. The normalized spacial score (nSPS) is 13.6. The number of alkyl halides is 6. The summed E-state index contributed by atoms with van der Waals surface area (Å²) in [5.74, 6) is 0. The fraction of sp³-hybridized carbons (Fsp3) is 0.0909. The van der Waals surface area contributed by atoms with E-state index in [0.29, 0.717) is 18.3 Å². The van der Waals surface area contributed by atoms with Crippen LogP contribution in [-0.4, -0.2) is 27.9 Å². The Morgan fingerprint density at radius 2 is 0.837 bits per heavy atom. The quantitative estimate of drug-likeness (QED) is 0.0748. The molecule has 0 fully saturated rings. The van der Waals surface area contributed by atoms with E-state index in [1.807, 2.05) is 0 Å². The van der Waals surface area contributed by atoms with E-state index in [4.69, 9.17) is 6.14 Å². The van der Waals surface area contributed by atoms with Gasteiger partial charge in [0.2, 0.25) is 0 Å². The van der Waals surface area contributed by atoms with Crippen LogP contribution in [0.2, 0.25) is 0 Å². The average molecular weight is 855 g/mol. The molecule has 0 saturated carbocycles. The van der Waals surface area contributed by atoms with E-state index in [9.17, 15) is 43.2 Å². The van der Waals surface area contributed by atoms with Crippen molar-refractivity contribution < 1.29 is 49.3 Å². The van der Waals surface area contributed by atoms with Gasteiger partial charge >= 0.3 is 232 Å². The zero-order chi connectivity index (χ0) is 35.5. The van der Waals surface area contributed by atoms with Crippen molar-refractivity contribution in [3.05, 3.63) is 158 Å². The van der Waals surface area contributed by atoms with Crippen LogP contribution in [0, 0.1) is 7.14 Å². The molecular weight excluding hydrogens is 829 g/mol. The summed E-state index contributed by atoms with van der Waals surface area (Å²) in [4.78, 5) is 0.604. The van der Waals surface area contributed by atoms with Gasteiger partial charge in [-0.25, -0.2) is 0 Å². The predicted molar refractivity (Wildman–Crippen MR) is 181 cm³/mol. The molecule has 6 nitrogen and oxygen atoms in total. The topological polar surface area (TPSA) is 86.7 Å². The molecule has 0 aromatic heterocycles. The second-order valence-corrected chi connectivity index (χ2v) is 21.0. The van der Waals surface area contributed by atoms with Crippen molar-refractivity contribution >= 4 is 50.8 Å². The van der Waals surface area contributed by atoms with Gasteiger partial charge in [0.1, 0.15) is 0 Å². The van der Waals surface area contributed by atoms with Crippen LogP contribution in [0.5, 0.6) is 0 Å². The van der Waals surface area contributed by atoms with Crippen molar-refractivity contribution in [2.45, 2.75) is 32.1 Å². The molecule has 5 rings (SSSR count). The van der Waals surface area contributed by atoms with Crippen LogP contribution in [0.1, 0.15) is 11.1 Å². The fourth-order valence-corrected chi connectivity index (χ4v) is 15.7. The van der Waals surface area contributed by atoms with E-state index in [2.05, 4.69) is 0 Å². The molecule has 0 saturated heterocycles. The van der Waals surface area contributed by atoms with E-state index in [1.165, 1.54) is 60.7 Å². The summed E-state index contributed by atoms with van der Waals surface area (Å²) in [6.45, 7) is 0. The third-order valence-electron chi connectivity index (χ3n) is 6.76. The van der Waals surface area contributed by atoms with Crippen LogP contribution in [0.3, 0.4) is 0 Å². The molecule has 16 heteroatoms. The van der Waals surface area contributed by atoms with Gasteiger partial charge in [-0.3, -0.25) is 0 Å². The third-order valence-corrected chi connectivity index (χ3v) is 18.7. The van der Waals surface area contributed by atoms with Crippen LogP contribution >= 0.6 is 30.5 Å². The Hall–Kier alpha value is -3.42. The zero-order valence-corrected chi connectivity index (χ0v) is 29.4. The Morgan fingerprint density at radius 1 is 0.469 bits per heavy atom. The first-order chi connectivity index (χ1) is 23.0. The van der Waals surface area contributed by atoms with Gasteiger partial charge in [-0.05, 0) is 0 Å². The monoisotopic (exact) mass is 854 g/mol. The molecule has 0 heterocycles. The van der Waals surface area contributed by atoms with Gasteiger partial charge in [-0.2, -0.15) is 21.6 Å². The summed E-state index contributed by atoms with van der Waals surface area (Å²) in [7, 11) is -15.4. The molecule has 0 atom stereocenters. The van der Waals surface area contributed by atoms with Crippen molar-refractivity contribution in [3.8, 4) is 0 Å². The number of benzene rings is 5. The average Bonchev–Trinajstić information content (AvgIpc) is 3.07. The van der Waals surface area contributed by atoms with Crippen LogP contribution in [-0.2, 0) is 32.8 Å². The van der Waals surface area contributed by atoms with Crippen molar-refractivity contribution in [2.75, 3.05) is 0 Å². The molecule has 5 aromatic carbocycles.